The van der Waals surface area contributed by atoms with Gasteiger partial charge < -0.3 is 9.84 Å². The predicted octanol–water partition coefficient (Wildman–Crippen LogP) is 4.18. The van der Waals surface area contributed by atoms with Gasteiger partial charge in [-0.1, -0.05) is 64.2 Å². The summed E-state index contributed by atoms with van der Waals surface area (Å²) in [5.74, 6) is 8.39. The van der Waals surface area contributed by atoms with E-state index < -0.39 is 11.9 Å². The molecule has 0 aromatic heterocycles. The van der Waals surface area contributed by atoms with Gasteiger partial charge in [0.15, 0.2) is 0 Å². The molecule has 0 aliphatic heterocycles. The van der Waals surface area contributed by atoms with E-state index in [0.29, 0.717) is 6.42 Å². The molecular formula is C19H30O4. The predicted molar refractivity (Wildman–Crippen MR) is 92.7 cm³/mol. The van der Waals surface area contributed by atoms with Gasteiger partial charge in [0.25, 0.3) is 0 Å². The summed E-state index contributed by atoms with van der Waals surface area (Å²) in [6.07, 6.45) is 10.9. The Kier molecular flexibility index (Phi) is 20.3. The van der Waals surface area contributed by atoms with Crippen LogP contribution in [0.25, 0.3) is 0 Å². The Hall–Kier alpha value is -1.94. The molecule has 0 spiro atoms. The van der Waals surface area contributed by atoms with Crippen LogP contribution in [-0.4, -0.2) is 24.2 Å². The molecule has 0 bridgehead atoms. The Labute approximate surface area is 141 Å². The van der Waals surface area contributed by atoms with Crippen LogP contribution in [0, 0.1) is 23.7 Å². The number of carboxylic acids is 1. The summed E-state index contributed by atoms with van der Waals surface area (Å²) in [6.45, 7) is 4.31. The molecule has 0 rings (SSSR count). The molecule has 0 heterocycles. The Morgan fingerprint density at radius 3 is 1.70 bits per heavy atom. The molecule has 4 heteroatoms. The molecule has 0 amide bonds. The van der Waals surface area contributed by atoms with E-state index in [2.05, 4.69) is 42.3 Å². The lowest BCUT2D eigenvalue weighted by atomic mass is 10.2. The lowest BCUT2D eigenvalue weighted by molar-refractivity contribution is -0.134. The second-order valence-corrected chi connectivity index (χ2v) is 5.02. The first-order valence-electron chi connectivity index (χ1n) is 8.37. The van der Waals surface area contributed by atoms with Crippen LogP contribution < -0.4 is 0 Å². The molecule has 0 radical (unpaired) electrons. The fraction of sp³-hybridized carbons (Fsp3) is 0.684. The van der Waals surface area contributed by atoms with Crippen molar-refractivity contribution in [3.8, 4) is 23.7 Å². The van der Waals surface area contributed by atoms with E-state index in [1.54, 1.807) is 0 Å². The number of carbonyl (C=O) groups excluding carboxylic acids is 1. The number of hydrogen-bond acceptors (Lipinski definition) is 3. The van der Waals surface area contributed by atoms with Gasteiger partial charge in [-0.15, -0.1) is 0 Å². The van der Waals surface area contributed by atoms with Crippen molar-refractivity contribution in [2.75, 3.05) is 7.11 Å². The first-order valence-corrected chi connectivity index (χ1v) is 8.37. The Balaban J connectivity index is 0. The molecule has 0 atom stereocenters. The molecule has 0 saturated heterocycles. The SMILES string of the molecule is CCCCCCC#CC(=O)O.CCCCCCC#CC(=O)OC. The molecule has 0 aromatic rings. The average Bonchev–Trinajstić information content (AvgIpc) is 2.54. The summed E-state index contributed by atoms with van der Waals surface area (Å²) in [7, 11) is 1.34. The quantitative estimate of drug-likeness (QED) is 0.315. The standard InChI is InChI=1S/C10H16O2.C9H14O2/c1-3-4-5-6-7-8-9-10(11)12-2;1-2-3-4-5-6-7-8-9(10)11/h3-7H2,1-2H3;2-6H2,1H3,(H,10,11). The van der Waals surface area contributed by atoms with Crippen LogP contribution in [0.3, 0.4) is 0 Å². The second kappa shape index (κ2) is 20.1. The number of methoxy groups -OCH3 is 1. The van der Waals surface area contributed by atoms with Crippen LogP contribution >= 0.6 is 0 Å². The first-order chi connectivity index (χ1) is 11.1. The van der Waals surface area contributed by atoms with Crippen LogP contribution in [0.4, 0.5) is 0 Å². The smallest absolute Gasteiger partial charge is 0.384 e. The topological polar surface area (TPSA) is 63.6 Å². The molecule has 0 aliphatic carbocycles. The summed E-state index contributed by atoms with van der Waals surface area (Å²) >= 11 is 0. The minimum Gasteiger partial charge on any atom is -0.472 e. The van der Waals surface area contributed by atoms with E-state index in [4.69, 9.17) is 5.11 Å². The zero-order chi connectivity index (χ0) is 17.8. The highest BCUT2D eigenvalue weighted by Crippen LogP contribution is 2.01. The van der Waals surface area contributed by atoms with Crippen molar-refractivity contribution in [3.05, 3.63) is 0 Å². The highest BCUT2D eigenvalue weighted by Gasteiger charge is 1.88. The second-order valence-electron chi connectivity index (χ2n) is 5.02. The molecule has 1 N–H and O–H groups in total. The summed E-state index contributed by atoms with van der Waals surface area (Å²) in [6, 6.07) is 0. The minimum atomic E-state index is -1.03. The van der Waals surface area contributed by atoms with E-state index >= 15 is 0 Å². The Bertz CT molecular complexity index is 418. The first kappa shape index (κ1) is 23.3. The number of rotatable bonds is 8. The highest BCUT2D eigenvalue weighted by molar-refractivity contribution is 5.88. The monoisotopic (exact) mass is 322 g/mol. The maximum Gasteiger partial charge on any atom is 0.384 e. The fourth-order valence-electron chi connectivity index (χ4n) is 1.60. The fourth-order valence-corrected chi connectivity index (χ4v) is 1.60. The van der Waals surface area contributed by atoms with Gasteiger partial charge in [-0.3, -0.25) is 0 Å². The van der Waals surface area contributed by atoms with Crippen molar-refractivity contribution < 1.29 is 19.4 Å². The molecule has 0 saturated carbocycles. The van der Waals surface area contributed by atoms with Crippen LogP contribution in [0.2, 0.25) is 0 Å². The lowest BCUT2D eigenvalue weighted by Crippen LogP contribution is -1.94. The third-order valence-corrected chi connectivity index (χ3v) is 2.88. The normalized spacial score (nSPS) is 8.48. The summed E-state index contributed by atoms with van der Waals surface area (Å²) < 4.78 is 4.37. The number of ether oxygens (including phenoxy) is 1. The average molecular weight is 322 g/mol. The highest BCUT2D eigenvalue weighted by atomic mass is 16.5. The van der Waals surface area contributed by atoms with E-state index in [1.165, 1.54) is 39.2 Å². The third kappa shape index (κ3) is 25.4. The number of unbranched alkanes of at least 4 members (excludes halogenated alkanes) is 8. The molecule has 130 valence electrons. The maximum atomic E-state index is 10.5. The largest absolute Gasteiger partial charge is 0.472 e. The van der Waals surface area contributed by atoms with Crippen molar-refractivity contribution >= 4 is 11.9 Å². The van der Waals surface area contributed by atoms with Crippen LogP contribution in [-0.2, 0) is 14.3 Å². The van der Waals surface area contributed by atoms with Gasteiger partial charge in [-0.25, -0.2) is 9.59 Å². The summed E-state index contributed by atoms with van der Waals surface area (Å²) in [4.78, 5) is 20.4. The third-order valence-electron chi connectivity index (χ3n) is 2.88. The van der Waals surface area contributed by atoms with E-state index in [9.17, 15) is 9.59 Å². The van der Waals surface area contributed by atoms with Gasteiger partial charge >= 0.3 is 11.9 Å². The van der Waals surface area contributed by atoms with Crippen molar-refractivity contribution in [2.45, 2.75) is 78.1 Å². The van der Waals surface area contributed by atoms with Crippen LogP contribution in [0.1, 0.15) is 78.1 Å². The van der Waals surface area contributed by atoms with Crippen LogP contribution in [0.15, 0.2) is 0 Å². The number of hydrogen-bond donors (Lipinski definition) is 1. The van der Waals surface area contributed by atoms with Gasteiger partial charge in [-0.2, -0.15) is 0 Å². The summed E-state index contributed by atoms with van der Waals surface area (Å²) in [5, 5.41) is 8.14. The number of carbonyl (C=O) groups is 2. The molecule has 0 aliphatic rings. The van der Waals surface area contributed by atoms with Gasteiger partial charge in [0.2, 0.25) is 0 Å². The van der Waals surface area contributed by atoms with Gasteiger partial charge in [0, 0.05) is 24.7 Å². The number of carboxylic acid groups (broad SMARTS) is 1. The van der Waals surface area contributed by atoms with Crippen LogP contribution in [0.5, 0.6) is 0 Å². The van der Waals surface area contributed by atoms with E-state index in [-0.39, 0.29) is 0 Å². The zero-order valence-corrected chi connectivity index (χ0v) is 14.7. The minimum absolute atomic E-state index is 0.439. The molecule has 0 aromatic carbocycles. The van der Waals surface area contributed by atoms with Crippen molar-refractivity contribution in [1.29, 1.82) is 0 Å². The maximum absolute atomic E-state index is 10.5. The zero-order valence-electron chi connectivity index (χ0n) is 14.7. The molecule has 23 heavy (non-hydrogen) atoms. The Morgan fingerprint density at radius 2 is 1.30 bits per heavy atom. The molecular weight excluding hydrogens is 292 g/mol. The van der Waals surface area contributed by atoms with E-state index in [1.807, 2.05) is 0 Å². The van der Waals surface area contributed by atoms with Crippen molar-refractivity contribution in [1.82, 2.24) is 0 Å². The van der Waals surface area contributed by atoms with Crippen molar-refractivity contribution in [3.63, 3.8) is 0 Å². The van der Waals surface area contributed by atoms with Gasteiger partial charge in [0.1, 0.15) is 0 Å². The lowest BCUT2D eigenvalue weighted by Gasteiger charge is -1.91. The molecule has 0 fully saturated rings. The number of esters is 1. The number of aliphatic carboxylic acids is 1. The van der Waals surface area contributed by atoms with Gasteiger partial charge in [-0.05, 0) is 12.8 Å². The van der Waals surface area contributed by atoms with E-state index in [0.717, 1.165) is 25.7 Å². The molecule has 0 unspecified atom stereocenters. The molecule has 4 nitrogen and oxygen atoms in total. The Morgan fingerprint density at radius 1 is 0.826 bits per heavy atom. The summed E-state index contributed by atoms with van der Waals surface area (Å²) in [5.41, 5.74) is 0. The van der Waals surface area contributed by atoms with Crippen molar-refractivity contribution in [2.24, 2.45) is 0 Å². The van der Waals surface area contributed by atoms with Gasteiger partial charge in [0.05, 0.1) is 7.11 Å².